The van der Waals surface area contributed by atoms with E-state index in [-0.39, 0.29) is 5.41 Å². The standard InChI is InChI=1S/C22H34N4O/c1-8-18-9-11-19(12-10-18)22(5,6)14-25-21(23-7)24-13-15(2)20-16(3)26-27-17(20)4/h9-12,15H,8,13-14H2,1-7H3,(H2,23,24,25). The van der Waals surface area contributed by atoms with E-state index in [1.54, 1.807) is 7.05 Å². The third-order valence-electron chi connectivity index (χ3n) is 5.22. The van der Waals surface area contributed by atoms with Crippen LogP contribution in [0, 0.1) is 13.8 Å². The molecule has 5 heteroatoms. The molecule has 1 heterocycles. The number of aryl methyl sites for hydroxylation is 3. The summed E-state index contributed by atoms with van der Waals surface area (Å²) in [6.45, 7) is 14.4. The van der Waals surface area contributed by atoms with Crippen molar-refractivity contribution < 1.29 is 4.52 Å². The third kappa shape index (κ3) is 5.34. The van der Waals surface area contributed by atoms with Gasteiger partial charge in [-0.25, -0.2) is 0 Å². The zero-order valence-corrected chi connectivity index (χ0v) is 17.8. The first-order chi connectivity index (χ1) is 12.8. The molecule has 0 amide bonds. The first-order valence-electron chi connectivity index (χ1n) is 9.75. The van der Waals surface area contributed by atoms with E-state index in [9.17, 15) is 0 Å². The van der Waals surface area contributed by atoms with Crippen LogP contribution in [0.5, 0.6) is 0 Å². The summed E-state index contributed by atoms with van der Waals surface area (Å²) in [4.78, 5) is 4.37. The summed E-state index contributed by atoms with van der Waals surface area (Å²) >= 11 is 0. The van der Waals surface area contributed by atoms with Crippen molar-refractivity contribution in [2.24, 2.45) is 4.99 Å². The van der Waals surface area contributed by atoms with Gasteiger partial charge in [0.15, 0.2) is 5.96 Å². The molecule has 0 spiro atoms. The number of nitrogens with zero attached hydrogens (tertiary/aromatic N) is 2. The number of aromatic nitrogens is 1. The fourth-order valence-electron chi connectivity index (χ4n) is 3.36. The Morgan fingerprint density at radius 3 is 2.37 bits per heavy atom. The van der Waals surface area contributed by atoms with Gasteiger partial charge in [0.2, 0.25) is 0 Å². The minimum absolute atomic E-state index is 0.0111. The van der Waals surface area contributed by atoms with Crippen LogP contribution in [0.4, 0.5) is 0 Å². The monoisotopic (exact) mass is 370 g/mol. The molecule has 0 aliphatic carbocycles. The van der Waals surface area contributed by atoms with E-state index < -0.39 is 0 Å². The van der Waals surface area contributed by atoms with Gasteiger partial charge in [-0.2, -0.15) is 0 Å². The number of guanidine groups is 1. The normalized spacial score (nSPS) is 13.5. The molecule has 148 valence electrons. The molecule has 2 rings (SSSR count). The van der Waals surface area contributed by atoms with Gasteiger partial charge in [-0.1, -0.05) is 57.1 Å². The second kappa shape index (κ2) is 9.07. The van der Waals surface area contributed by atoms with Crippen molar-refractivity contribution in [1.29, 1.82) is 0 Å². The van der Waals surface area contributed by atoms with Crippen LogP contribution in [-0.4, -0.2) is 31.3 Å². The zero-order chi connectivity index (χ0) is 20.0. The molecule has 1 unspecified atom stereocenters. The molecule has 5 nitrogen and oxygen atoms in total. The Kier molecular flexibility index (Phi) is 7.05. The molecule has 0 fully saturated rings. The SMILES string of the molecule is CCc1ccc(C(C)(C)CNC(=NC)NCC(C)c2c(C)noc2C)cc1. The summed E-state index contributed by atoms with van der Waals surface area (Å²) < 4.78 is 5.28. The fourth-order valence-corrected chi connectivity index (χ4v) is 3.36. The lowest BCUT2D eigenvalue weighted by Crippen LogP contribution is -2.44. The van der Waals surface area contributed by atoms with Gasteiger partial charge in [0.05, 0.1) is 5.69 Å². The second-order valence-electron chi connectivity index (χ2n) is 7.88. The highest BCUT2D eigenvalue weighted by Crippen LogP contribution is 2.23. The smallest absolute Gasteiger partial charge is 0.191 e. The van der Waals surface area contributed by atoms with Crippen molar-refractivity contribution in [3.63, 3.8) is 0 Å². The lowest BCUT2D eigenvalue weighted by molar-refractivity contribution is 0.391. The average Bonchev–Trinajstić information content (AvgIpc) is 3.00. The first-order valence-corrected chi connectivity index (χ1v) is 9.75. The van der Waals surface area contributed by atoms with E-state index >= 15 is 0 Å². The van der Waals surface area contributed by atoms with Crippen molar-refractivity contribution >= 4 is 5.96 Å². The van der Waals surface area contributed by atoms with Gasteiger partial charge in [0, 0.05) is 37.0 Å². The fraction of sp³-hybridized carbons (Fsp3) is 0.545. The Morgan fingerprint density at radius 1 is 1.19 bits per heavy atom. The lowest BCUT2D eigenvalue weighted by Gasteiger charge is -2.27. The molecular formula is C22H34N4O. The van der Waals surface area contributed by atoms with Crippen LogP contribution in [0.1, 0.15) is 61.8 Å². The molecule has 2 aromatic rings. The number of aliphatic imine (C=N–C) groups is 1. The summed E-state index contributed by atoms with van der Waals surface area (Å²) in [5.41, 5.74) is 4.84. The molecular weight excluding hydrogens is 336 g/mol. The summed E-state index contributed by atoms with van der Waals surface area (Å²) in [5, 5.41) is 10.9. The van der Waals surface area contributed by atoms with Crippen LogP contribution in [0.2, 0.25) is 0 Å². The summed E-state index contributed by atoms with van der Waals surface area (Å²) in [6, 6.07) is 8.90. The molecule has 27 heavy (non-hydrogen) atoms. The number of rotatable bonds is 7. The third-order valence-corrected chi connectivity index (χ3v) is 5.22. The van der Waals surface area contributed by atoms with Crippen LogP contribution >= 0.6 is 0 Å². The number of hydrogen-bond donors (Lipinski definition) is 2. The second-order valence-corrected chi connectivity index (χ2v) is 7.88. The van der Waals surface area contributed by atoms with E-state index in [4.69, 9.17) is 4.52 Å². The minimum Gasteiger partial charge on any atom is -0.361 e. The van der Waals surface area contributed by atoms with Crippen molar-refractivity contribution in [3.05, 3.63) is 52.4 Å². The first kappa shape index (κ1) is 21.0. The van der Waals surface area contributed by atoms with Gasteiger partial charge < -0.3 is 15.2 Å². The highest BCUT2D eigenvalue weighted by molar-refractivity contribution is 5.79. The lowest BCUT2D eigenvalue weighted by atomic mass is 9.84. The van der Waals surface area contributed by atoms with E-state index in [1.165, 1.54) is 16.7 Å². The van der Waals surface area contributed by atoms with Crippen LogP contribution in [0.25, 0.3) is 0 Å². The van der Waals surface area contributed by atoms with Gasteiger partial charge in [-0.05, 0) is 31.4 Å². The van der Waals surface area contributed by atoms with Crippen LogP contribution < -0.4 is 10.6 Å². The zero-order valence-electron chi connectivity index (χ0n) is 17.8. The molecule has 1 aromatic heterocycles. The maximum Gasteiger partial charge on any atom is 0.191 e. The van der Waals surface area contributed by atoms with Crippen molar-refractivity contribution in [2.45, 2.75) is 59.3 Å². The summed E-state index contributed by atoms with van der Waals surface area (Å²) in [7, 11) is 1.80. The Labute approximate surface area is 163 Å². The van der Waals surface area contributed by atoms with E-state index in [2.05, 4.69) is 72.7 Å². The minimum atomic E-state index is 0.0111. The highest BCUT2D eigenvalue weighted by atomic mass is 16.5. The number of benzene rings is 1. The number of hydrogen-bond acceptors (Lipinski definition) is 3. The average molecular weight is 371 g/mol. The Bertz CT molecular complexity index is 740. The summed E-state index contributed by atoms with van der Waals surface area (Å²) in [6.07, 6.45) is 1.07. The molecule has 0 aliphatic rings. The van der Waals surface area contributed by atoms with Crippen molar-refractivity contribution in [2.75, 3.05) is 20.1 Å². The Balaban J connectivity index is 1.92. The highest BCUT2D eigenvalue weighted by Gasteiger charge is 2.21. The van der Waals surface area contributed by atoms with Gasteiger partial charge in [0.1, 0.15) is 5.76 Å². The van der Waals surface area contributed by atoms with E-state index in [0.717, 1.165) is 36.9 Å². The van der Waals surface area contributed by atoms with Crippen molar-refractivity contribution in [1.82, 2.24) is 15.8 Å². The molecule has 1 atom stereocenters. The molecule has 1 aromatic carbocycles. The summed E-state index contributed by atoms with van der Waals surface area (Å²) in [5.74, 6) is 2.00. The number of nitrogens with one attached hydrogen (secondary N) is 2. The maximum atomic E-state index is 5.28. The van der Waals surface area contributed by atoms with E-state index in [1.807, 2.05) is 13.8 Å². The molecule has 0 saturated heterocycles. The Hall–Kier alpha value is -2.30. The largest absolute Gasteiger partial charge is 0.361 e. The van der Waals surface area contributed by atoms with Crippen molar-refractivity contribution in [3.8, 4) is 0 Å². The van der Waals surface area contributed by atoms with Gasteiger partial charge in [-0.3, -0.25) is 4.99 Å². The molecule has 0 aliphatic heterocycles. The van der Waals surface area contributed by atoms with Gasteiger partial charge in [-0.15, -0.1) is 0 Å². The van der Waals surface area contributed by atoms with Gasteiger partial charge >= 0.3 is 0 Å². The van der Waals surface area contributed by atoms with Gasteiger partial charge in [0.25, 0.3) is 0 Å². The quantitative estimate of drug-likeness (QED) is 0.569. The molecule has 0 bridgehead atoms. The Morgan fingerprint density at radius 2 is 1.85 bits per heavy atom. The van der Waals surface area contributed by atoms with Crippen LogP contribution in [0.15, 0.2) is 33.8 Å². The predicted molar refractivity (Wildman–Crippen MR) is 113 cm³/mol. The molecule has 0 radical (unpaired) electrons. The molecule has 2 N–H and O–H groups in total. The van der Waals surface area contributed by atoms with Crippen LogP contribution in [0.3, 0.4) is 0 Å². The van der Waals surface area contributed by atoms with E-state index in [0.29, 0.717) is 5.92 Å². The maximum absolute atomic E-state index is 5.28. The predicted octanol–water partition coefficient (Wildman–Crippen LogP) is 4.10. The topological polar surface area (TPSA) is 62.5 Å². The van der Waals surface area contributed by atoms with Crippen LogP contribution in [-0.2, 0) is 11.8 Å². The molecule has 0 saturated carbocycles.